The van der Waals surface area contributed by atoms with Crippen molar-refractivity contribution in [1.82, 2.24) is 4.90 Å². The molecule has 0 saturated heterocycles. The summed E-state index contributed by atoms with van der Waals surface area (Å²) in [5, 5.41) is 0. The van der Waals surface area contributed by atoms with Gasteiger partial charge in [0.1, 0.15) is 5.75 Å². The lowest BCUT2D eigenvalue weighted by molar-refractivity contribution is -0.128. The van der Waals surface area contributed by atoms with Crippen LogP contribution in [0.1, 0.15) is 31.2 Å². The maximum atomic E-state index is 12.2. The maximum absolute atomic E-state index is 12.2. The fraction of sp³-hybridized carbons (Fsp3) is 0.364. The molecule has 1 fully saturated rings. The first kappa shape index (κ1) is 17.6. The first-order valence-corrected chi connectivity index (χ1v) is 9.27. The number of carbonyl (C=O) groups is 1. The number of nitrogens with two attached hydrogens (primary N) is 1. The number of amides is 1. The lowest BCUT2D eigenvalue weighted by Crippen LogP contribution is -2.49. The predicted molar refractivity (Wildman–Crippen MR) is 107 cm³/mol. The highest BCUT2D eigenvalue weighted by molar-refractivity contribution is 5.98. The van der Waals surface area contributed by atoms with Crippen LogP contribution in [0.5, 0.6) is 5.75 Å². The van der Waals surface area contributed by atoms with Gasteiger partial charge in [-0.05, 0) is 54.0 Å². The molecular formula is C22H25N3O2. The molecule has 2 aromatic rings. The Bertz CT molecular complexity index is 923. The Balaban J connectivity index is 1.59. The van der Waals surface area contributed by atoms with Gasteiger partial charge in [-0.1, -0.05) is 36.4 Å². The molecule has 0 bridgehead atoms. The van der Waals surface area contributed by atoms with Crippen LogP contribution in [0.25, 0.3) is 11.1 Å². The summed E-state index contributed by atoms with van der Waals surface area (Å²) in [6.45, 7) is 2.06. The Morgan fingerprint density at radius 1 is 1.19 bits per heavy atom. The molecule has 3 atom stereocenters. The average Bonchev–Trinajstić information content (AvgIpc) is 3.48. The highest BCUT2D eigenvalue weighted by atomic mass is 16.5. The van der Waals surface area contributed by atoms with Crippen molar-refractivity contribution in [2.24, 2.45) is 16.6 Å². The summed E-state index contributed by atoms with van der Waals surface area (Å²) in [6, 6.07) is 16.7. The molecule has 1 saturated carbocycles. The zero-order chi connectivity index (χ0) is 19.2. The standard InChI is InChI=1S/C22H25N3O2/c1-22(13-20(26)25(2)21(23)24-22)19-12-18(19)16-8-4-6-14(10-16)15-7-5-9-17(11-15)27-3/h4-11,18-19H,12-13H2,1-3H3,(H2,23,24)/t18?,19?,22-/m0/s1. The molecule has 5 heteroatoms. The Morgan fingerprint density at radius 3 is 2.59 bits per heavy atom. The summed E-state index contributed by atoms with van der Waals surface area (Å²) < 4.78 is 5.34. The summed E-state index contributed by atoms with van der Waals surface area (Å²) in [5.74, 6) is 1.97. The van der Waals surface area contributed by atoms with Gasteiger partial charge in [0.2, 0.25) is 5.91 Å². The van der Waals surface area contributed by atoms with Crippen molar-refractivity contribution in [3.8, 4) is 16.9 Å². The molecule has 1 amide bonds. The topological polar surface area (TPSA) is 67.9 Å². The highest BCUT2D eigenvalue weighted by Crippen LogP contribution is 2.56. The molecule has 1 aliphatic heterocycles. The van der Waals surface area contributed by atoms with Gasteiger partial charge in [-0.2, -0.15) is 0 Å². The smallest absolute Gasteiger partial charge is 0.231 e. The van der Waals surface area contributed by atoms with Gasteiger partial charge in [-0.3, -0.25) is 9.69 Å². The van der Waals surface area contributed by atoms with E-state index in [1.165, 1.54) is 16.0 Å². The van der Waals surface area contributed by atoms with Crippen LogP contribution in [0.3, 0.4) is 0 Å². The van der Waals surface area contributed by atoms with Crippen LogP contribution in [-0.4, -0.2) is 36.5 Å². The molecule has 2 aromatic carbocycles. The molecule has 1 heterocycles. The number of rotatable bonds is 4. The summed E-state index contributed by atoms with van der Waals surface area (Å²) >= 11 is 0. The lowest BCUT2D eigenvalue weighted by Gasteiger charge is -2.33. The second kappa shape index (κ2) is 6.41. The minimum absolute atomic E-state index is 0.0424. The van der Waals surface area contributed by atoms with E-state index in [9.17, 15) is 4.79 Å². The van der Waals surface area contributed by atoms with Crippen molar-refractivity contribution in [1.29, 1.82) is 0 Å². The van der Waals surface area contributed by atoms with Gasteiger partial charge in [-0.25, -0.2) is 4.99 Å². The van der Waals surface area contributed by atoms with Crippen LogP contribution in [0.15, 0.2) is 53.5 Å². The van der Waals surface area contributed by atoms with Crippen molar-refractivity contribution in [2.45, 2.75) is 31.2 Å². The van der Waals surface area contributed by atoms with Gasteiger partial charge in [0.25, 0.3) is 0 Å². The number of aliphatic imine (C=N–C) groups is 1. The van der Waals surface area contributed by atoms with Crippen molar-refractivity contribution in [3.05, 3.63) is 54.1 Å². The summed E-state index contributed by atoms with van der Waals surface area (Å²) in [5.41, 5.74) is 9.15. The number of benzene rings is 2. The Hall–Kier alpha value is -2.82. The summed E-state index contributed by atoms with van der Waals surface area (Å²) in [6.07, 6.45) is 1.45. The van der Waals surface area contributed by atoms with E-state index in [2.05, 4.69) is 42.2 Å². The molecule has 1 aliphatic carbocycles. The second-order valence-corrected chi connectivity index (χ2v) is 7.76. The molecule has 0 radical (unpaired) electrons. The van der Waals surface area contributed by atoms with E-state index in [0.29, 0.717) is 24.2 Å². The molecule has 4 rings (SSSR count). The fourth-order valence-electron chi connectivity index (χ4n) is 4.14. The van der Waals surface area contributed by atoms with Crippen molar-refractivity contribution >= 4 is 11.9 Å². The van der Waals surface area contributed by atoms with Crippen LogP contribution in [0, 0.1) is 5.92 Å². The van der Waals surface area contributed by atoms with E-state index in [4.69, 9.17) is 10.5 Å². The number of hydrogen-bond donors (Lipinski definition) is 1. The third kappa shape index (κ3) is 3.18. The van der Waals surface area contributed by atoms with Gasteiger partial charge in [0.15, 0.2) is 5.96 Å². The number of hydrogen-bond acceptors (Lipinski definition) is 4. The number of ether oxygens (including phenoxy) is 1. The second-order valence-electron chi connectivity index (χ2n) is 7.76. The molecule has 2 unspecified atom stereocenters. The first-order valence-electron chi connectivity index (χ1n) is 9.27. The molecule has 0 spiro atoms. The first-order chi connectivity index (χ1) is 12.9. The maximum Gasteiger partial charge on any atom is 0.231 e. The molecule has 2 aliphatic rings. The van der Waals surface area contributed by atoms with E-state index in [1.807, 2.05) is 18.2 Å². The fourth-order valence-corrected chi connectivity index (χ4v) is 4.14. The number of nitrogens with zero attached hydrogens (tertiary/aromatic N) is 2. The zero-order valence-electron chi connectivity index (χ0n) is 16.0. The van der Waals surface area contributed by atoms with Gasteiger partial charge in [-0.15, -0.1) is 0 Å². The van der Waals surface area contributed by atoms with Crippen molar-refractivity contribution < 1.29 is 9.53 Å². The third-order valence-electron chi connectivity index (χ3n) is 5.90. The minimum atomic E-state index is -0.412. The summed E-state index contributed by atoms with van der Waals surface area (Å²) in [7, 11) is 3.36. The Kier molecular flexibility index (Phi) is 4.17. The third-order valence-corrected chi connectivity index (χ3v) is 5.90. The van der Waals surface area contributed by atoms with Gasteiger partial charge >= 0.3 is 0 Å². The molecule has 140 valence electrons. The van der Waals surface area contributed by atoms with E-state index < -0.39 is 5.54 Å². The number of carbonyl (C=O) groups excluding carboxylic acids is 1. The SMILES string of the molecule is COc1cccc(-c2cccc(C3CC3[C@]3(C)CC(=O)N(C)C(N)=N3)c2)c1. The van der Waals surface area contributed by atoms with E-state index in [-0.39, 0.29) is 5.91 Å². The molecule has 27 heavy (non-hydrogen) atoms. The normalized spacial score (nSPS) is 27.3. The Morgan fingerprint density at radius 2 is 1.89 bits per heavy atom. The summed E-state index contributed by atoms with van der Waals surface area (Å²) in [4.78, 5) is 18.4. The monoisotopic (exact) mass is 363 g/mol. The van der Waals surface area contributed by atoms with Crippen LogP contribution in [0.2, 0.25) is 0 Å². The van der Waals surface area contributed by atoms with Gasteiger partial charge in [0, 0.05) is 7.05 Å². The molecule has 5 nitrogen and oxygen atoms in total. The van der Waals surface area contributed by atoms with E-state index >= 15 is 0 Å². The Labute approximate surface area is 159 Å². The van der Waals surface area contributed by atoms with Crippen LogP contribution < -0.4 is 10.5 Å². The molecule has 0 aromatic heterocycles. The largest absolute Gasteiger partial charge is 0.497 e. The quantitative estimate of drug-likeness (QED) is 0.905. The lowest BCUT2D eigenvalue weighted by atomic mass is 9.87. The van der Waals surface area contributed by atoms with Crippen molar-refractivity contribution in [3.63, 3.8) is 0 Å². The van der Waals surface area contributed by atoms with Crippen molar-refractivity contribution in [2.75, 3.05) is 14.2 Å². The number of methoxy groups -OCH3 is 1. The van der Waals surface area contributed by atoms with Crippen LogP contribution in [-0.2, 0) is 4.79 Å². The average molecular weight is 363 g/mol. The highest BCUT2D eigenvalue weighted by Gasteiger charge is 2.53. The minimum Gasteiger partial charge on any atom is -0.497 e. The van der Waals surface area contributed by atoms with Gasteiger partial charge in [0.05, 0.1) is 19.1 Å². The van der Waals surface area contributed by atoms with E-state index in [0.717, 1.165) is 17.7 Å². The van der Waals surface area contributed by atoms with Crippen LogP contribution in [0.4, 0.5) is 0 Å². The van der Waals surface area contributed by atoms with Gasteiger partial charge < -0.3 is 10.5 Å². The number of guanidine groups is 1. The molecular weight excluding hydrogens is 338 g/mol. The molecule has 2 N–H and O–H groups in total. The predicted octanol–water partition coefficient (Wildman–Crippen LogP) is 3.40. The van der Waals surface area contributed by atoms with E-state index in [1.54, 1.807) is 14.2 Å². The zero-order valence-corrected chi connectivity index (χ0v) is 16.0. The van der Waals surface area contributed by atoms with Crippen LogP contribution >= 0.6 is 0 Å².